The highest BCUT2D eigenvalue weighted by atomic mass is 79.9. The minimum atomic E-state index is -1.15. The van der Waals surface area contributed by atoms with Gasteiger partial charge in [-0.2, -0.15) is 0 Å². The molecule has 0 saturated heterocycles. The van der Waals surface area contributed by atoms with Gasteiger partial charge in [0.2, 0.25) is 0 Å². The first-order valence-electron chi connectivity index (χ1n) is 5.26. The molecule has 1 rings (SSSR count). The molecule has 1 atom stereocenters. The van der Waals surface area contributed by atoms with Crippen LogP contribution in [0.4, 0.5) is 5.69 Å². The smallest absolute Gasteiger partial charge is 0.326 e. The molecule has 18 heavy (non-hydrogen) atoms. The summed E-state index contributed by atoms with van der Waals surface area (Å²) in [6.07, 6.45) is -0.447. The summed E-state index contributed by atoms with van der Waals surface area (Å²) in [5.74, 6) is -2.29. The molecule has 0 aliphatic carbocycles. The molecular weight excluding hydrogens is 302 g/mol. The van der Waals surface area contributed by atoms with Gasteiger partial charge in [0, 0.05) is 17.2 Å². The summed E-state index contributed by atoms with van der Waals surface area (Å²) < 4.78 is 0.814. The van der Waals surface area contributed by atoms with E-state index in [9.17, 15) is 9.59 Å². The predicted molar refractivity (Wildman–Crippen MR) is 71.0 cm³/mol. The third-order valence-electron chi connectivity index (χ3n) is 2.67. The molecular formula is C12H14BrNO4. The van der Waals surface area contributed by atoms with Crippen LogP contribution >= 0.6 is 15.9 Å². The van der Waals surface area contributed by atoms with Crippen LogP contribution in [0.1, 0.15) is 12.0 Å². The Morgan fingerprint density at radius 1 is 1.39 bits per heavy atom. The molecule has 98 valence electrons. The van der Waals surface area contributed by atoms with Crippen molar-refractivity contribution in [2.24, 2.45) is 0 Å². The van der Waals surface area contributed by atoms with E-state index in [-0.39, 0.29) is 0 Å². The number of aryl methyl sites for hydroxylation is 1. The number of carboxylic acids is 2. The second-order valence-electron chi connectivity index (χ2n) is 3.99. The first-order chi connectivity index (χ1) is 8.32. The highest BCUT2D eigenvalue weighted by molar-refractivity contribution is 9.10. The standard InChI is InChI=1S/C12H14BrNO4/c1-7-3-4-8(13)5-9(7)14(2)10(12(17)18)6-11(15)16/h3-5,10H,6H2,1-2H3,(H,15,16)(H,17,18). The van der Waals surface area contributed by atoms with E-state index in [0.717, 1.165) is 10.0 Å². The lowest BCUT2D eigenvalue weighted by Crippen LogP contribution is -2.40. The van der Waals surface area contributed by atoms with Gasteiger partial charge in [-0.3, -0.25) is 4.79 Å². The fourth-order valence-electron chi connectivity index (χ4n) is 1.69. The molecule has 1 unspecified atom stereocenters. The van der Waals surface area contributed by atoms with Gasteiger partial charge in [-0.15, -0.1) is 0 Å². The number of carboxylic acid groups (broad SMARTS) is 2. The van der Waals surface area contributed by atoms with Crippen molar-refractivity contribution >= 4 is 33.6 Å². The SMILES string of the molecule is Cc1ccc(Br)cc1N(C)C(CC(=O)O)C(=O)O. The monoisotopic (exact) mass is 315 g/mol. The van der Waals surface area contributed by atoms with Crippen molar-refractivity contribution in [1.29, 1.82) is 0 Å². The van der Waals surface area contributed by atoms with E-state index in [1.165, 1.54) is 4.90 Å². The molecule has 1 aromatic carbocycles. The second kappa shape index (κ2) is 5.86. The maximum absolute atomic E-state index is 11.1. The zero-order valence-corrected chi connectivity index (χ0v) is 11.6. The van der Waals surface area contributed by atoms with Gasteiger partial charge in [-0.25, -0.2) is 4.79 Å². The summed E-state index contributed by atoms with van der Waals surface area (Å²) in [6, 6.07) is 4.37. The Morgan fingerprint density at radius 3 is 2.50 bits per heavy atom. The molecule has 1 aromatic rings. The van der Waals surface area contributed by atoms with Crippen LogP contribution in [0.5, 0.6) is 0 Å². The molecule has 5 nitrogen and oxygen atoms in total. The number of halogens is 1. The summed E-state index contributed by atoms with van der Waals surface area (Å²) in [4.78, 5) is 23.3. The minimum absolute atomic E-state index is 0.447. The van der Waals surface area contributed by atoms with E-state index in [1.54, 1.807) is 13.1 Å². The Labute approximate surface area is 113 Å². The normalized spacial score (nSPS) is 11.9. The van der Waals surface area contributed by atoms with Crippen LogP contribution in [-0.2, 0) is 9.59 Å². The van der Waals surface area contributed by atoms with Gasteiger partial charge in [0.05, 0.1) is 6.42 Å². The average molecular weight is 316 g/mol. The molecule has 0 aromatic heterocycles. The fraction of sp³-hybridized carbons (Fsp3) is 0.333. The van der Waals surface area contributed by atoms with Crippen LogP contribution in [-0.4, -0.2) is 35.2 Å². The van der Waals surface area contributed by atoms with Gasteiger partial charge < -0.3 is 15.1 Å². The van der Waals surface area contributed by atoms with Crippen molar-refractivity contribution in [2.45, 2.75) is 19.4 Å². The summed E-state index contributed by atoms with van der Waals surface area (Å²) in [6.45, 7) is 1.85. The number of rotatable bonds is 5. The quantitative estimate of drug-likeness (QED) is 0.870. The summed E-state index contributed by atoms with van der Waals surface area (Å²) in [5.41, 5.74) is 1.58. The minimum Gasteiger partial charge on any atom is -0.481 e. The third-order valence-corrected chi connectivity index (χ3v) is 3.16. The molecule has 6 heteroatoms. The number of likely N-dealkylation sites (N-methyl/N-ethyl adjacent to an activating group) is 1. The van der Waals surface area contributed by atoms with Crippen LogP contribution in [0, 0.1) is 6.92 Å². The van der Waals surface area contributed by atoms with E-state index < -0.39 is 24.4 Å². The zero-order chi connectivity index (χ0) is 13.9. The second-order valence-corrected chi connectivity index (χ2v) is 4.91. The Bertz CT molecular complexity index is 475. The van der Waals surface area contributed by atoms with Crippen molar-refractivity contribution in [1.82, 2.24) is 0 Å². The number of anilines is 1. The van der Waals surface area contributed by atoms with Gasteiger partial charge in [-0.1, -0.05) is 22.0 Å². The Morgan fingerprint density at radius 2 is 2.00 bits per heavy atom. The van der Waals surface area contributed by atoms with Crippen LogP contribution < -0.4 is 4.90 Å². The fourth-order valence-corrected chi connectivity index (χ4v) is 2.03. The third kappa shape index (κ3) is 3.46. The molecule has 0 saturated carbocycles. The number of nitrogens with zero attached hydrogens (tertiary/aromatic N) is 1. The number of aliphatic carboxylic acids is 2. The van der Waals surface area contributed by atoms with E-state index in [1.807, 2.05) is 19.1 Å². The molecule has 0 amide bonds. The average Bonchev–Trinajstić information content (AvgIpc) is 2.27. The van der Waals surface area contributed by atoms with Crippen molar-refractivity contribution in [3.05, 3.63) is 28.2 Å². The topological polar surface area (TPSA) is 77.8 Å². The zero-order valence-electron chi connectivity index (χ0n) is 10.1. The summed E-state index contributed by atoms with van der Waals surface area (Å²) in [5, 5.41) is 17.9. The van der Waals surface area contributed by atoms with Gasteiger partial charge >= 0.3 is 11.9 Å². The Hall–Kier alpha value is -1.56. The van der Waals surface area contributed by atoms with Gasteiger partial charge in [0.1, 0.15) is 6.04 Å². The number of benzene rings is 1. The molecule has 0 radical (unpaired) electrons. The largest absolute Gasteiger partial charge is 0.481 e. The van der Waals surface area contributed by atoms with Gasteiger partial charge in [-0.05, 0) is 24.6 Å². The molecule has 0 spiro atoms. The van der Waals surface area contributed by atoms with Crippen LogP contribution in [0.2, 0.25) is 0 Å². The van der Waals surface area contributed by atoms with E-state index in [4.69, 9.17) is 10.2 Å². The first-order valence-corrected chi connectivity index (χ1v) is 6.05. The molecule has 0 aliphatic heterocycles. The molecule has 0 heterocycles. The van der Waals surface area contributed by atoms with E-state index >= 15 is 0 Å². The molecule has 0 bridgehead atoms. The maximum atomic E-state index is 11.1. The van der Waals surface area contributed by atoms with Crippen LogP contribution in [0.3, 0.4) is 0 Å². The lowest BCUT2D eigenvalue weighted by Gasteiger charge is -2.27. The van der Waals surface area contributed by atoms with Crippen LogP contribution in [0.25, 0.3) is 0 Å². The van der Waals surface area contributed by atoms with Crippen molar-refractivity contribution < 1.29 is 19.8 Å². The predicted octanol–water partition coefficient (Wildman–Crippen LogP) is 2.12. The van der Waals surface area contributed by atoms with E-state index in [0.29, 0.717) is 5.69 Å². The van der Waals surface area contributed by atoms with Crippen molar-refractivity contribution in [3.8, 4) is 0 Å². The van der Waals surface area contributed by atoms with Gasteiger partial charge in [0.15, 0.2) is 0 Å². The van der Waals surface area contributed by atoms with Gasteiger partial charge in [0.25, 0.3) is 0 Å². The number of carbonyl (C=O) groups is 2. The lowest BCUT2D eigenvalue weighted by molar-refractivity contribution is -0.145. The highest BCUT2D eigenvalue weighted by Gasteiger charge is 2.26. The lowest BCUT2D eigenvalue weighted by atomic mass is 10.1. The summed E-state index contributed by atoms with van der Waals surface area (Å²) >= 11 is 3.31. The summed E-state index contributed by atoms with van der Waals surface area (Å²) in [7, 11) is 1.58. The Kier molecular flexibility index (Phi) is 4.72. The van der Waals surface area contributed by atoms with Crippen LogP contribution in [0.15, 0.2) is 22.7 Å². The van der Waals surface area contributed by atoms with Crippen molar-refractivity contribution in [2.75, 3.05) is 11.9 Å². The number of hydrogen-bond acceptors (Lipinski definition) is 3. The number of hydrogen-bond donors (Lipinski definition) is 2. The highest BCUT2D eigenvalue weighted by Crippen LogP contribution is 2.25. The maximum Gasteiger partial charge on any atom is 0.326 e. The first kappa shape index (κ1) is 14.5. The molecule has 0 fully saturated rings. The Balaban J connectivity index is 3.08. The van der Waals surface area contributed by atoms with Crippen molar-refractivity contribution in [3.63, 3.8) is 0 Å². The molecule has 0 aliphatic rings. The van der Waals surface area contributed by atoms with E-state index in [2.05, 4.69) is 15.9 Å². The molecule has 2 N–H and O–H groups in total.